The Hall–Kier alpha value is -0.380. The van der Waals surface area contributed by atoms with Gasteiger partial charge >= 0.3 is 0 Å². The smallest absolute Gasteiger partial charge is 0.0237 e. The lowest BCUT2D eigenvalue weighted by atomic mass is 9.98. The molecule has 2 rings (SSSR count). The van der Waals surface area contributed by atoms with E-state index in [4.69, 9.17) is 0 Å². The Labute approximate surface area is 132 Å². The summed E-state index contributed by atoms with van der Waals surface area (Å²) in [5.74, 6) is 0.741. The van der Waals surface area contributed by atoms with Crippen LogP contribution in [0.15, 0.2) is 28.7 Å². The van der Waals surface area contributed by atoms with Crippen molar-refractivity contribution in [1.82, 2.24) is 10.2 Å². The number of hydrogen-bond donors (Lipinski definition) is 1. The molecule has 0 amide bonds. The maximum absolute atomic E-state index is 3.74. The Kier molecular flexibility index (Phi) is 6.06. The van der Waals surface area contributed by atoms with Gasteiger partial charge in [0, 0.05) is 29.6 Å². The standard InChI is InChI=1S/C17H27BrN2/c1-4-13(2)17-12-20(14(3)8-9-19-17)11-15-6-5-7-16(18)10-15/h5-7,10,13-14,17,19H,4,8-9,11-12H2,1-3H3. The molecule has 0 radical (unpaired) electrons. The van der Waals surface area contributed by atoms with Crippen LogP contribution in [0.1, 0.15) is 39.2 Å². The van der Waals surface area contributed by atoms with Crippen LogP contribution in [-0.4, -0.2) is 30.1 Å². The van der Waals surface area contributed by atoms with Gasteiger partial charge in [0.05, 0.1) is 0 Å². The van der Waals surface area contributed by atoms with Gasteiger partial charge in [-0.1, -0.05) is 48.3 Å². The molecule has 1 saturated heterocycles. The van der Waals surface area contributed by atoms with Gasteiger partial charge in [-0.3, -0.25) is 4.90 Å². The summed E-state index contributed by atoms with van der Waals surface area (Å²) in [5.41, 5.74) is 1.40. The number of hydrogen-bond acceptors (Lipinski definition) is 2. The molecule has 1 fully saturated rings. The van der Waals surface area contributed by atoms with E-state index < -0.39 is 0 Å². The van der Waals surface area contributed by atoms with E-state index in [0.717, 1.165) is 25.6 Å². The van der Waals surface area contributed by atoms with E-state index in [-0.39, 0.29) is 0 Å². The van der Waals surface area contributed by atoms with Crippen molar-refractivity contribution in [1.29, 1.82) is 0 Å². The molecule has 2 nitrogen and oxygen atoms in total. The van der Waals surface area contributed by atoms with Gasteiger partial charge in [-0.2, -0.15) is 0 Å². The van der Waals surface area contributed by atoms with Crippen molar-refractivity contribution in [3.8, 4) is 0 Å². The molecule has 1 aromatic rings. The van der Waals surface area contributed by atoms with Crippen molar-refractivity contribution in [2.75, 3.05) is 13.1 Å². The van der Waals surface area contributed by atoms with Crippen LogP contribution in [0.2, 0.25) is 0 Å². The SMILES string of the molecule is CCC(C)C1CN(Cc2cccc(Br)c2)C(C)CCN1. The van der Waals surface area contributed by atoms with Gasteiger partial charge in [0.15, 0.2) is 0 Å². The van der Waals surface area contributed by atoms with Crippen molar-refractivity contribution >= 4 is 15.9 Å². The Morgan fingerprint density at radius 1 is 1.45 bits per heavy atom. The molecule has 3 atom stereocenters. The highest BCUT2D eigenvalue weighted by molar-refractivity contribution is 9.10. The van der Waals surface area contributed by atoms with Gasteiger partial charge in [0.25, 0.3) is 0 Å². The Morgan fingerprint density at radius 2 is 2.25 bits per heavy atom. The van der Waals surface area contributed by atoms with Crippen LogP contribution in [0.25, 0.3) is 0 Å². The highest BCUT2D eigenvalue weighted by Crippen LogP contribution is 2.20. The lowest BCUT2D eigenvalue weighted by Gasteiger charge is -2.31. The zero-order valence-electron chi connectivity index (χ0n) is 12.9. The zero-order chi connectivity index (χ0) is 14.5. The summed E-state index contributed by atoms with van der Waals surface area (Å²) in [6.45, 7) is 10.4. The third kappa shape index (κ3) is 4.31. The molecule has 112 valence electrons. The zero-order valence-corrected chi connectivity index (χ0v) is 14.5. The minimum atomic E-state index is 0.622. The molecular formula is C17H27BrN2. The first-order chi connectivity index (χ1) is 9.60. The van der Waals surface area contributed by atoms with Gasteiger partial charge in [0.1, 0.15) is 0 Å². The van der Waals surface area contributed by atoms with Gasteiger partial charge < -0.3 is 5.32 Å². The lowest BCUT2D eigenvalue weighted by molar-refractivity contribution is 0.180. The molecule has 1 N–H and O–H groups in total. The summed E-state index contributed by atoms with van der Waals surface area (Å²) in [6.07, 6.45) is 2.48. The van der Waals surface area contributed by atoms with E-state index >= 15 is 0 Å². The topological polar surface area (TPSA) is 15.3 Å². The maximum atomic E-state index is 3.74. The van der Waals surface area contributed by atoms with Crippen LogP contribution in [0.4, 0.5) is 0 Å². The molecule has 1 aromatic carbocycles. The van der Waals surface area contributed by atoms with Crippen molar-refractivity contribution in [3.05, 3.63) is 34.3 Å². The fraction of sp³-hybridized carbons (Fsp3) is 0.647. The average molecular weight is 339 g/mol. The molecule has 0 bridgehead atoms. The summed E-state index contributed by atoms with van der Waals surface area (Å²) in [6, 6.07) is 9.97. The van der Waals surface area contributed by atoms with Gasteiger partial charge in [-0.15, -0.1) is 0 Å². The Balaban J connectivity index is 2.06. The van der Waals surface area contributed by atoms with Gasteiger partial charge in [0.2, 0.25) is 0 Å². The van der Waals surface area contributed by atoms with Crippen LogP contribution in [0, 0.1) is 5.92 Å². The van der Waals surface area contributed by atoms with Crippen LogP contribution in [-0.2, 0) is 6.54 Å². The molecule has 0 saturated carbocycles. The van der Waals surface area contributed by atoms with Crippen LogP contribution < -0.4 is 5.32 Å². The number of benzene rings is 1. The molecule has 20 heavy (non-hydrogen) atoms. The van der Waals surface area contributed by atoms with Crippen molar-refractivity contribution in [3.63, 3.8) is 0 Å². The first kappa shape index (κ1) is 16.0. The lowest BCUT2D eigenvalue weighted by Crippen LogP contribution is -2.43. The maximum Gasteiger partial charge on any atom is 0.0237 e. The van der Waals surface area contributed by atoms with E-state index in [0.29, 0.717) is 12.1 Å². The summed E-state index contributed by atoms with van der Waals surface area (Å²) in [5, 5.41) is 3.74. The summed E-state index contributed by atoms with van der Waals surface area (Å²) in [4.78, 5) is 2.64. The second-order valence-electron chi connectivity index (χ2n) is 6.14. The summed E-state index contributed by atoms with van der Waals surface area (Å²) < 4.78 is 1.18. The van der Waals surface area contributed by atoms with E-state index in [9.17, 15) is 0 Å². The molecule has 0 spiro atoms. The summed E-state index contributed by atoms with van der Waals surface area (Å²) in [7, 11) is 0. The van der Waals surface area contributed by atoms with Crippen LogP contribution in [0.5, 0.6) is 0 Å². The molecular weight excluding hydrogens is 312 g/mol. The minimum Gasteiger partial charge on any atom is -0.312 e. The number of nitrogens with zero attached hydrogens (tertiary/aromatic N) is 1. The average Bonchev–Trinajstić information content (AvgIpc) is 2.61. The normalized spacial score (nSPS) is 26.2. The Morgan fingerprint density at radius 3 is 2.95 bits per heavy atom. The van der Waals surface area contributed by atoms with Gasteiger partial charge in [-0.05, 0) is 43.5 Å². The molecule has 1 heterocycles. The number of nitrogens with one attached hydrogen (secondary N) is 1. The van der Waals surface area contributed by atoms with Crippen LogP contribution in [0.3, 0.4) is 0 Å². The van der Waals surface area contributed by atoms with E-state index in [1.807, 2.05) is 0 Å². The highest BCUT2D eigenvalue weighted by atomic mass is 79.9. The van der Waals surface area contributed by atoms with Crippen molar-refractivity contribution < 1.29 is 0 Å². The molecule has 1 aliphatic heterocycles. The second kappa shape index (κ2) is 7.58. The predicted octanol–water partition coefficient (Wildman–Crippen LogP) is 4.05. The highest BCUT2D eigenvalue weighted by Gasteiger charge is 2.25. The third-order valence-electron chi connectivity index (χ3n) is 4.63. The monoisotopic (exact) mass is 338 g/mol. The molecule has 0 aromatic heterocycles. The molecule has 1 aliphatic rings. The van der Waals surface area contributed by atoms with E-state index in [1.165, 1.54) is 22.9 Å². The first-order valence-electron chi connectivity index (χ1n) is 7.82. The molecule has 0 aliphatic carbocycles. The second-order valence-corrected chi connectivity index (χ2v) is 7.06. The van der Waals surface area contributed by atoms with Crippen molar-refractivity contribution in [2.45, 2.75) is 52.2 Å². The van der Waals surface area contributed by atoms with Crippen LogP contribution >= 0.6 is 15.9 Å². The first-order valence-corrected chi connectivity index (χ1v) is 8.61. The number of rotatable bonds is 4. The fourth-order valence-electron chi connectivity index (χ4n) is 2.91. The van der Waals surface area contributed by atoms with E-state index in [2.05, 4.69) is 71.2 Å². The largest absolute Gasteiger partial charge is 0.312 e. The van der Waals surface area contributed by atoms with Crippen molar-refractivity contribution in [2.24, 2.45) is 5.92 Å². The molecule has 3 unspecified atom stereocenters. The Bertz CT molecular complexity index is 421. The number of halogens is 1. The minimum absolute atomic E-state index is 0.622. The van der Waals surface area contributed by atoms with Gasteiger partial charge in [-0.25, -0.2) is 0 Å². The predicted molar refractivity (Wildman–Crippen MR) is 89.9 cm³/mol. The summed E-state index contributed by atoms with van der Waals surface area (Å²) >= 11 is 3.57. The quantitative estimate of drug-likeness (QED) is 0.890. The van der Waals surface area contributed by atoms with E-state index in [1.54, 1.807) is 0 Å². The third-order valence-corrected chi connectivity index (χ3v) is 5.12. The fourth-order valence-corrected chi connectivity index (χ4v) is 3.36. The molecule has 3 heteroatoms.